The van der Waals surface area contributed by atoms with E-state index >= 15 is 0 Å². The van der Waals surface area contributed by atoms with E-state index in [1.54, 1.807) is 13.8 Å². The van der Waals surface area contributed by atoms with Crippen molar-refractivity contribution in [3.05, 3.63) is 29.8 Å². The maximum atomic E-state index is 13.5. The van der Waals surface area contributed by atoms with Crippen molar-refractivity contribution in [2.24, 2.45) is 0 Å². The van der Waals surface area contributed by atoms with Gasteiger partial charge >= 0.3 is 5.97 Å². The van der Waals surface area contributed by atoms with Gasteiger partial charge in [0.15, 0.2) is 6.10 Å². The van der Waals surface area contributed by atoms with Gasteiger partial charge in [-0.1, -0.05) is 13.8 Å². The minimum absolute atomic E-state index is 0.223. The number of halogens is 1. The van der Waals surface area contributed by atoms with Crippen molar-refractivity contribution < 1.29 is 19.0 Å². The molecule has 4 nitrogen and oxygen atoms in total. The molecule has 0 aliphatic carbocycles. The number of hydrogen-bond acceptors (Lipinski definition) is 4. The molecule has 1 unspecified atom stereocenters. The van der Waals surface area contributed by atoms with Crippen molar-refractivity contribution in [1.82, 2.24) is 4.98 Å². The summed E-state index contributed by atoms with van der Waals surface area (Å²) >= 11 is 0. The van der Waals surface area contributed by atoms with E-state index in [9.17, 15) is 14.3 Å². The van der Waals surface area contributed by atoms with Crippen LogP contribution in [0.3, 0.4) is 0 Å². The number of esters is 1. The molecule has 0 fully saturated rings. The second-order valence-corrected chi connectivity index (χ2v) is 4.00. The molecule has 0 aliphatic heterocycles. The van der Waals surface area contributed by atoms with Gasteiger partial charge in [0.1, 0.15) is 5.82 Å². The number of nitrogens with zero attached hydrogens (tertiary/aromatic N) is 1. The van der Waals surface area contributed by atoms with E-state index in [2.05, 4.69) is 9.72 Å². The molecular weight excluding hydrogens is 213 g/mol. The fourth-order valence-corrected chi connectivity index (χ4v) is 1.45. The minimum Gasteiger partial charge on any atom is -0.467 e. The Kier molecular flexibility index (Phi) is 3.59. The topological polar surface area (TPSA) is 59.4 Å². The molecule has 16 heavy (non-hydrogen) atoms. The number of methoxy groups -OCH3 is 1. The highest BCUT2D eigenvalue weighted by Gasteiger charge is 2.37. The summed E-state index contributed by atoms with van der Waals surface area (Å²) in [5.41, 5.74) is -0.847. The number of rotatable bonds is 3. The minimum atomic E-state index is -1.42. The lowest BCUT2D eigenvalue weighted by Gasteiger charge is -2.29. The predicted octanol–water partition coefficient (Wildman–Crippen LogP) is 1.03. The maximum Gasteiger partial charge on any atom is 0.335 e. The van der Waals surface area contributed by atoms with Gasteiger partial charge in [0.2, 0.25) is 0 Å². The second kappa shape index (κ2) is 4.57. The van der Waals surface area contributed by atoms with Crippen molar-refractivity contribution in [1.29, 1.82) is 0 Å². The summed E-state index contributed by atoms with van der Waals surface area (Å²) in [6, 6.07) is 1.43. The monoisotopic (exact) mass is 227 g/mol. The van der Waals surface area contributed by atoms with Gasteiger partial charge in [-0.2, -0.15) is 0 Å². The molecule has 1 N–H and O–H groups in total. The lowest BCUT2D eigenvalue weighted by molar-refractivity contribution is -0.153. The van der Waals surface area contributed by atoms with Gasteiger partial charge in [0.05, 0.1) is 13.3 Å². The van der Waals surface area contributed by atoms with Crippen LogP contribution in [0.25, 0.3) is 0 Å². The Morgan fingerprint density at radius 2 is 2.25 bits per heavy atom. The molecule has 1 rings (SSSR count). The van der Waals surface area contributed by atoms with Crippen LogP contribution in [-0.2, 0) is 14.9 Å². The molecule has 0 aliphatic rings. The van der Waals surface area contributed by atoms with E-state index in [0.29, 0.717) is 0 Å². The van der Waals surface area contributed by atoms with E-state index < -0.39 is 23.3 Å². The summed E-state index contributed by atoms with van der Waals surface area (Å²) in [7, 11) is 1.17. The highest BCUT2D eigenvalue weighted by Crippen LogP contribution is 2.29. The van der Waals surface area contributed by atoms with Crippen LogP contribution >= 0.6 is 0 Å². The third-order valence-corrected chi connectivity index (χ3v) is 2.57. The molecule has 1 aromatic heterocycles. The summed E-state index contributed by atoms with van der Waals surface area (Å²) in [6.07, 6.45) is 1.03. The smallest absolute Gasteiger partial charge is 0.335 e. The molecule has 1 heterocycles. The Morgan fingerprint density at radius 3 is 2.75 bits per heavy atom. The molecular formula is C11H14FNO3. The van der Waals surface area contributed by atoms with Gasteiger partial charge in [0.25, 0.3) is 0 Å². The van der Waals surface area contributed by atoms with Crippen molar-refractivity contribution in [2.45, 2.75) is 25.4 Å². The summed E-state index contributed by atoms with van der Waals surface area (Å²) in [5.74, 6) is -1.35. The second-order valence-electron chi connectivity index (χ2n) is 4.00. The van der Waals surface area contributed by atoms with Gasteiger partial charge in [-0.3, -0.25) is 4.98 Å². The quantitative estimate of drug-likeness (QED) is 0.783. The molecule has 0 spiro atoms. The summed E-state index contributed by atoms with van der Waals surface area (Å²) in [5, 5.41) is 9.76. The molecule has 0 saturated carbocycles. The molecule has 1 atom stereocenters. The SMILES string of the molecule is COC(=O)C(O)C(C)(C)c1ccncc1F. The van der Waals surface area contributed by atoms with Crippen LogP contribution in [0.5, 0.6) is 0 Å². The van der Waals surface area contributed by atoms with Crippen LogP contribution in [0.15, 0.2) is 18.5 Å². The van der Waals surface area contributed by atoms with E-state index in [4.69, 9.17) is 0 Å². The van der Waals surface area contributed by atoms with Crippen LogP contribution in [0.4, 0.5) is 4.39 Å². The molecule has 1 aromatic rings. The van der Waals surface area contributed by atoms with Crippen LogP contribution in [0, 0.1) is 5.82 Å². The number of pyridine rings is 1. The highest BCUT2D eigenvalue weighted by atomic mass is 19.1. The first-order chi connectivity index (χ1) is 7.41. The normalized spacial score (nSPS) is 13.3. The zero-order valence-electron chi connectivity index (χ0n) is 9.40. The number of aromatic nitrogens is 1. The standard InChI is InChI=1S/C11H14FNO3/c1-11(2,9(14)10(15)16-3)7-4-5-13-6-8(7)12/h4-6,9,14H,1-3H3. The molecule has 0 amide bonds. The van der Waals surface area contributed by atoms with E-state index in [1.807, 2.05) is 0 Å². The summed E-state index contributed by atoms with van der Waals surface area (Å²) in [4.78, 5) is 14.8. The Morgan fingerprint density at radius 1 is 1.62 bits per heavy atom. The zero-order chi connectivity index (χ0) is 12.3. The molecule has 5 heteroatoms. The van der Waals surface area contributed by atoms with Gasteiger partial charge in [-0.15, -0.1) is 0 Å². The molecule has 0 radical (unpaired) electrons. The van der Waals surface area contributed by atoms with Crippen LogP contribution < -0.4 is 0 Å². The van der Waals surface area contributed by atoms with E-state index in [1.165, 1.54) is 19.4 Å². The van der Waals surface area contributed by atoms with Crippen molar-refractivity contribution in [3.8, 4) is 0 Å². The number of aliphatic hydroxyl groups is 1. The van der Waals surface area contributed by atoms with E-state index in [0.717, 1.165) is 6.20 Å². The largest absolute Gasteiger partial charge is 0.467 e. The third-order valence-electron chi connectivity index (χ3n) is 2.57. The van der Waals surface area contributed by atoms with Gasteiger partial charge in [0, 0.05) is 11.6 Å². The molecule has 0 aromatic carbocycles. The van der Waals surface area contributed by atoms with Gasteiger partial charge in [-0.25, -0.2) is 9.18 Å². The summed E-state index contributed by atoms with van der Waals surface area (Å²) < 4.78 is 17.9. The Labute approximate surface area is 93.1 Å². The number of ether oxygens (including phenoxy) is 1. The first kappa shape index (κ1) is 12.6. The van der Waals surface area contributed by atoms with Crippen LogP contribution in [0.2, 0.25) is 0 Å². The van der Waals surface area contributed by atoms with Crippen molar-refractivity contribution in [2.75, 3.05) is 7.11 Å². The van der Waals surface area contributed by atoms with Crippen molar-refractivity contribution in [3.63, 3.8) is 0 Å². The predicted molar refractivity (Wildman–Crippen MR) is 55.2 cm³/mol. The van der Waals surface area contributed by atoms with Gasteiger partial charge in [-0.05, 0) is 11.6 Å². The summed E-state index contributed by atoms with van der Waals surface area (Å²) in [6.45, 7) is 3.12. The van der Waals surface area contributed by atoms with Crippen molar-refractivity contribution >= 4 is 5.97 Å². The number of hydrogen-bond donors (Lipinski definition) is 1. The zero-order valence-corrected chi connectivity index (χ0v) is 9.40. The van der Waals surface area contributed by atoms with E-state index in [-0.39, 0.29) is 5.56 Å². The molecule has 0 saturated heterocycles. The Balaban J connectivity index is 3.11. The highest BCUT2D eigenvalue weighted by molar-refractivity contribution is 5.76. The first-order valence-corrected chi connectivity index (χ1v) is 4.77. The first-order valence-electron chi connectivity index (χ1n) is 4.77. The lowest BCUT2D eigenvalue weighted by Crippen LogP contribution is -2.41. The third kappa shape index (κ3) is 2.19. The number of carbonyl (C=O) groups is 1. The average Bonchev–Trinajstić information content (AvgIpc) is 2.27. The maximum absolute atomic E-state index is 13.5. The number of aliphatic hydroxyl groups excluding tert-OH is 1. The van der Waals surface area contributed by atoms with Crippen LogP contribution in [0.1, 0.15) is 19.4 Å². The molecule has 0 bridgehead atoms. The average molecular weight is 227 g/mol. The fourth-order valence-electron chi connectivity index (χ4n) is 1.45. The number of carbonyl (C=O) groups excluding carboxylic acids is 1. The lowest BCUT2D eigenvalue weighted by atomic mass is 9.79. The van der Waals surface area contributed by atoms with Gasteiger partial charge < -0.3 is 9.84 Å². The Hall–Kier alpha value is -1.49. The van der Waals surface area contributed by atoms with Crippen LogP contribution in [-0.4, -0.2) is 29.3 Å². The Bertz CT molecular complexity index is 393. The molecule has 88 valence electrons. The fraction of sp³-hybridized carbons (Fsp3) is 0.455.